The number of carbonyl (C=O) groups is 2. The second-order valence-corrected chi connectivity index (χ2v) is 5.95. The minimum Gasteiger partial charge on any atom is -0.486 e. The number of esters is 1. The number of Topliss-reactive ketones (excluding diaryl/α,β-unsaturated/α-hetero) is 1. The Morgan fingerprint density at radius 3 is 2.81 bits per heavy atom. The summed E-state index contributed by atoms with van der Waals surface area (Å²) in [7, 11) is 0. The average Bonchev–Trinajstić information content (AvgIpc) is 3.08. The van der Waals surface area contributed by atoms with Gasteiger partial charge >= 0.3 is 5.97 Å². The molecule has 0 unspecified atom stereocenters. The molecule has 0 fully saturated rings. The normalized spacial score (nSPS) is 12.8. The summed E-state index contributed by atoms with van der Waals surface area (Å²) in [4.78, 5) is 28.7. The summed E-state index contributed by atoms with van der Waals surface area (Å²) >= 11 is 0. The van der Waals surface area contributed by atoms with E-state index in [4.69, 9.17) is 14.2 Å². The number of hydrogen-bond donors (Lipinski definition) is 0. The van der Waals surface area contributed by atoms with E-state index in [1.807, 2.05) is 25.3 Å². The Bertz CT molecular complexity index is 1010. The van der Waals surface area contributed by atoms with Crippen LogP contribution >= 0.6 is 0 Å². The number of carbonyl (C=O) groups excluding carboxylic acids is 2. The van der Waals surface area contributed by atoms with Crippen LogP contribution < -0.4 is 9.47 Å². The van der Waals surface area contributed by atoms with Crippen molar-refractivity contribution in [1.82, 2.24) is 9.38 Å². The second-order valence-electron chi connectivity index (χ2n) is 5.95. The van der Waals surface area contributed by atoms with Gasteiger partial charge in [-0.15, -0.1) is 0 Å². The summed E-state index contributed by atoms with van der Waals surface area (Å²) in [5.41, 5.74) is 2.24. The Morgan fingerprint density at radius 2 is 1.96 bits per heavy atom. The molecule has 0 spiro atoms. The molecule has 1 aliphatic heterocycles. The maximum atomic E-state index is 12.3. The summed E-state index contributed by atoms with van der Waals surface area (Å²) in [6.45, 7) is 2.49. The predicted molar refractivity (Wildman–Crippen MR) is 92.0 cm³/mol. The molecular formula is C19H16N2O5. The van der Waals surface area contributed by atoms with Crippen molar-refractivity contribution in [3.05, 3.63) is 59.5 Å². The maximum absolute atomic E-state index is 12.3. The van der Waals surface area contributed by atoms with Crippen molar-refractivity contribution in [2.75, 3.05) is 19.8 Å². The third kappa shape index (κ3) is 3.11. The minimum atomic E-state index is -0.641. The Labute approximate surface area is 149 Å². The van der Waals surface area contributed by atoms with E-state index in [1.165, 1.54) is 0 Å². The molecule has 3 heterocycles. The van der Waals surface area contributed by atoms with Crippen molar-refractivity contribution in [3.8, 4) is 11.5 Å². The van der Waals surface area contributed by atoms with Gasteiger partial charge in [0, 0.05) is 18.0 Å². The molecule has 4 rings (SSSR count). The molecule has 0 saturated carbocycles. The number of nitrogens with zero attached hydrogens (tertiary/aromatic N) is 2. The molecule has 132 valence electrons. The molecule has 7 nitrogen and oxygen atoms in total. The number of fused-ring (bicyclic) bond motifs is 2. The molecule has 0 bridgehead atoms. The molecular weight excluding hydrogens is 336 g/mol. The molecule has 0 N–H and O–H groups in total. The molecule has 7 heteroatoms. The third-order valence-electron chi connectivity index (χ3n) is 4.02. The van der Waals surface area contributed by atoms with Crippen molar-refractivity contribution < 1.29 is 23.8 Å². The molecule has 26 heavy (non-hydrogen) atoms. The first-order valence-electron chi connectivity index (χ1n) is 8.15. The number of pyridine rings is 1. The summed E-state index contributed by atoms with van der Waals surface area (Å²) in [5.74, 6) is 0.154. The molecule has 1 aromatic carbocycles. The van der Waals surface area contributed by atoms with Crippen LogP contribution in [0.2, 0.25) is 0 Å². The number of imidazole rings is 1. The molecule has 0 amide bonds. The van der Waals surface area contributed by atoms with Crippen LogP contribution in [-0.4, -0.2) is 41.0 Å². The van der Waals surface area contributed by atoms with Crippen LogP contribution in [0.3, 0.4) is 0 Å². The number of ether oxygens (including phenoxy) is 3. The zero-order chi connectivity index (χ0) is 18.1. The lowest BCUT2D eigenvalue weighted by atomic mass is 10.1. The number of rotatable bonds is 4. The highest BCUT2D eigenvalue weighted by molar-refractivity contribution is 5.99. The van der Waals surface area contributed by atoms with Crippen LogP contribution in [0.5, 0.6) is 11.5 Å². The topological polar surface area (TPSA) is 79.1 Å². The molecule has 0 aliphatic carbocycles. The average molecular weight is 352 g/mol. The number of aromatic nitrogens is 2. The van der Waals surface area contributed by atoms with E-state index in [1.54, 1.807) is 28.8 Å². The van der Waals surface area contributed by atoms with E-state index in [-0.39, 0.29) is 18.1 Å². The number of benzene rings is 1. The molecule has 0 saturated heterocycles. The van der Waals surface area contributed by atoms with Crippen molar-refractivity contribution in [2.45, 2.75) is 6.92 Å². The number of ketones is 1. The van der Waals surface area contributed by atoms with Gasteiger partial charge in [-0.1, -0.05) is 0 Å². The van der Waals surface area contributed by atoms with Gasteiger partial charge in [-0.25, -0.2) is 9.78 Å². The van der Waals surface area contributed by atoms with Crippen LogP contribution in [0.4, 0.5) is 0 Å². The largest absolute Gasteiger partial charge is 0.486 e. The minimum absolute atomic E-state index is 0.158. The van der Waals surface area contributed by atoms with Crippen molar-refractivity contribution >= 4 is 17.4 Å². The van der Waals surface area contributed by atoms with E-state index in [0.717, 1.165) is 5.56 Å². The monoisotopic (exact) mass is 352 g/mol. The molecule has 2 aromatic heterocycles. The van der Waals surface area contributed by atoms with E-state index >= 15 is 0 Å². The molecule has 3 aromatic rings. The molecule has 0 radical (unpaired) electrons. The Balaban J connectivity index is 1.44. The van der Waals surface area contributed by atoms with E-state index in [9.17, 15) is 9.59 Å². The fraction of sp³-hybridized carbons (Fsp3) is 0.211. The maximum Gasteiger partial charge on any atom is 0.359 e. The van der Waals surface area contributed by atoms with Crippen LogP contribution in [-0.2, 0) is 4.74 Å². The SMILES string of the molecule is Cc1ccn2cc(C(=O)OCC(=O)c3ccc4c(c3)OCCO4)nc2c1. The van der Waals surface area contributed by atoms with Crippen LogP contribution in [0.1, 0.15) is 26.4 Å². The standard InChI is InChI=1S/C19H16N2O5/c1-12-4-5-21-10-14(20-18(21)8-12)19(23)26-11-15(22)13-2-3-16-17(9-13)25-7-6-24-16/h2-5,8-10H,6-7,11H2,1H3. The van der Waals surface area contributed by atoms with Crippen LogP contribution in [0, 0.1) is 6.92 Å². The van der Waals surface area contributed by atoms with Crippen molar-refractivity contribution in [3.63, 3.8) is 0 Å². The third-order valence-corrected chi connectivity index (χ3v) is 4.02. The van der Waals surface area contributed by atoms with Crippen molar-refractivity contribution in [1.29, 1.82) is 0 Å². The smallest absolute Gasteiger partial charge is 0.359 e. The predicted octanol–water partition coefficient (Wildman–Crippen LogP) is 2.45. The summed E-state index contributed by atoms with van der Waals surface area (Å²) < 4.78 is 17.7. The second kappa shape index (κ2) is 6.51. The zero-order valence-corrected chi connectivity index (χ0v) is 14.1. The Hall–Kier alpha value is -3.35. The summed E-state index contributed by atoms with van der Waals surface area (Å²) in [6, 6.07) is 8.66. The van der Waals surface area contributed by atoms with E-state index in [2.05, 4.69) is 4.98 Å². The fourth-order valence-corrected chi connectivity index (χ4v) is 2.69. The summed E-state index contributed by atoms with van der Waals surface area (Å²) in [6.07, 6.45) is 3.39. The molecule has 0 atom stereocenters. The highest BCUT2D eigenvalue weighted by Crippen LogP contribution is 2.30. The van der Waals surface area contributed by atoms with Crippen molar-refractivity contribution in [2.24, 2.45) is 0 Å². The van der Waals surface area contributed by atoms with Gasteiger partial charge in [0.1, 0.15) is 18.9 Å². The van der Waals surface area contributed by atoms with Gasteiger partial charge in [0.15, 0.2) is 29.6 Å². The lowest BCUT2D eigenvalue weighted by molar-refractivity contribution is 0.0469. The Kier molecular flexibility index (Phi) is 4.04. The first-order valence-corrected chi connectivity index (χ1v) is 8.15. The molecule has 1 aliphatic rings. The van der Waals surface area contributed by atoms with E-state index < -0.39 is 5.97 Å². The lowest BCUT2D eigenvalue weighted by Gasteiger charge is -2.18. The van der Waals surface area contributed by atoms with E-state index in [0.29, 0.717) is 35.9 Å². The van der Waals surface area contributed by atoms with Crippen LogP contribution in [0.15, 0.2) is 42.7 Å². The summed E-state index contributed by atoms with van der Waals surface area (Å²) in [5, 5.41) is 0. The van der Waals surface area contributed by atoms with Gasteiger partial charge < -0.3 is 18.6 Å². The highest BCUT2D eigenvalue weighted by atomic mass is 16.6. The van der Waals surface area contributed by atoms with Gasteiger partial charge in [-0.05, 0) is 42.8 Å². The fourth-order valence-electron chi connectivity index (χ4n) is 2.69. The number of aryl methyl sites for hydroxylation is 1. The van der Waals surface area contributed by atoms with Gasteiger partial charge in [0.05, 0.1) is 0 Å². The van der Waals surface area contributed by atoms with Crippen LogP contribution in [0.25, 0.3) is 5.65 Å². The Morgan fingerprint density at radius 1 is 1.15 bits per heavy atom. The first kappa shape index (κ1) is 16.1. The first-order chi connectivity index (χ1) is 12.6. The van der Waals surface area contributed by atoms with Gasteiger partial charge in [-0.2, -0.15) is 0 Å². The quantitative estimate of drug-likeness (QED) is 0.530. The van der Waals surface area contributed by atoms with Gasteiger partial charge in [0.2, 0.25) is 0 Å². The number of hydrogen-bond acceptors (Lipinski definition) is 6. The van der Waals surface area contributed by atoms with Gasteiger partial charge in [0.25, 0.3) is 0 Å². The zero-order valence-electron chi connectivity index (χ0n) is 14.1. The highest BCUT2D eigenvalue weighted by Gasteiger charge is 2.18. The lowest BCUT2D eigenvalue weighted by Crippen LogP contribution is -2.17. The van der Waals surface area contributed by atoms with Gasteiger partial charge in [-0.3, -0.25) is 4.79 Å².